The van der Waals surface area contributed by atoms with E-state index >= 15 is 0 Å². The van der Waals surface area contributed by atoms with Gasteiger partial charge in [0.05, 0.1) is 9.90 Å². The molecule has 0 saturated carbocycles. The maximum Gasteiger partial charge on any atom is 0.195 e. The first-order valence-electron chi connectivity index (χ1n) is 7.15. The number of carbonyl (C=O) groups is 1. The zero-order valence-electron chi connectivity index (χ0n) is 12.4. The van der Waals surface area contributed by atoms with Crippen molar-refractivity contribution in [3.05, 3.63) is 54.7 Å². The lowest BCUT2D eigenvalue weighted by atomic mass is 9.89. The fraction of sp³-hybridized carbons (Fsp3) is 0.353. The highest BCUT2D eigenvalue weighted by Crippen LogP contribution is 2.34. The van der Waals surface area contributed by atoms with E-state index in [0.29, 0.717) is 14.2 Å². The fourth-order valence-electron chi connectivity index (χ4n) is 2.52. The Morgan fingerprint density at radius 1 is 1.00 bits per heavy atom. The number of halogens is 2. The third-order valence-corrected chi connectivity index (χ3v) is 5.15. The van der Waals surface area contributed by atoms with Crippen molar-refractivity contribution in [3.63, 3.8) is 0 Å². The lowest BCUT2D eigenvalue weighted by Gasteiger charge is -2.14. The van der Waals surface area contributed by atoms with Crippen molar-refractivity contribution in [3.8, 4) is 0 Å². The summed E-state index contributed by atoms with van der Waals surface area (Å²) in [4.78, 5) is 12.9. The molecule has 0 unspecified atom stereocenters. The van der Waals surface area contributed by atoms with E-state index in [9.17, 15) is 4.79 Å². The van der Waals surface area contributed by atoms with Gasteiger partial charge in [0, 0.05) is 5.56 Å². The first-order valence-corrected chi connectivity index (χ1v) is 8.73. The maximum absolute atomic E-state index is 12.9. The molecule has 0 fully saturated rings. The molecule has 112 valence electrons. The van der Waals surface area contributed by atoms with Crippen LogP contribution in [0.5, 0.6) is 0 Å². The van der Waals surface area contributed by atoms with Crippen molar-refractivity contribution in [2.75, 3.05) is 0 Å². The van der Waals surface area contributed by atoms with E-state index in [0.717, 1.165) is 36.0 Å². The van der Waals surface area contributed by atoms with Gasteiger partial charge < -0.3 is 0 Å². The summed E-state index contributed by atoms with van der Waals surface area (Å²) in [7, 11) is 0. The summed E-state index contributed by atoms with van der Waals surface area (Å²) in [5.74, 6) is -0.0143. The summed E-state index contributed by atoms with van der Waals surface area (Å²) in [5, 5.41) is 0. The van der Waals surface area contributed by atoms with Gasteiger partial charge in [-0.25, -0.2) is 0 Å². The SMILES string of the molecule is CCc1cc(CC)c(C(=O)c2cc(Cl)sc2Cl)c(CC)c1. The molecule has 0 amide bonds. The van der Waals surface area contributed by atoms with Gasteiger partial charge in [-0.05, 0) is 42.0 Å². The fourth-order valence-corrected chi connectivity index (χ4v) is 3.98. The minimum Gasteiger partial charge on any atom is -0.289 e. The summed E-state index contributed by atoms with van der Waals surface area (Å²) in [6, 6.07) is 5.94. The molecule has 0 aliphatic rings. The van der Waals surface area contributed by atoms with E-state index in [4.69, 9.17) is 23.2 Å². The first-order chi connectivity index (χ1) is 10.0. The minimum absolute atomic E-state index is 0.0143. The molecule has 1 aromatic carbocycles. The summed E-state index contributed by atoms with van der Waals surface area (Å²) in [6.45, 7) is 6.28. The summed E-state index contributed by atoms with van der Waals surface area (Å²) in [6.07, 6.45) is 2.63. The third-order valence-electron chi connectivity index (χ3n) is 3.66. The number of benzene rings is 1. The molecule has 0 radical (unpaired) electrons. The van der Waals surface area contributed by atoms with Crippen LogP contribution in [0.3, 0.4) is 0 Å². The standard InChI is InChI=1S/C17H18Cl2OS/c1-4-10-7-11(5-2)15(12(6-3)8-10)16(20)13-9-14(18)21-17(13)19/h7-9H,4-6H2,1-3H3. The van der Waals surface area contributed by atoms with E-state index in [2.05, 4.69) is 32.9 Å². The van der Waals surface area contributed by atoms with Crippen LogP contribution in [-0.2, 0) is 19.3 Å². The predicted molar refractivity (Wildman–Crippen MR) is 92.3 cm³/mol. The highest BCUT2D eigenvalue weighted by Gasteiger charge is 2.21. The van der Waals surface area contributed by atoms with Crippen LogP contribution in [0.4, 0.5) is 0 Å². The van der Waals surface area contributed by atoms with E-state index in [1.54, 1.807) is 6.07 Å². The third kappa shape index (κ3) is 3.33. The minimum atomic E-state index is -0.0143. The lowest BCUT2D eigenvalue weighted by molar-refractivity contribution is 0.103. The number of hydrogen-bond donors (Lipinski definition) is 0. The molecule has 0 atom stereocenters. The van der Waals surface area contributed by atoms with Gasteiger partial charge >= 0.3 is 0 Å². The van der Waals surface area contributed by atoms with Crippen molar-refractivity contribution >= 4 is 40.3 Å². The Morgan fingerprint density at radius 3 is 1.95 bits per heavy atom. The van der Waals surface area contributed by atoms with Crippen molar-refractivity contribution in [2.24, 2.45) is 0 Å². The summed E-state index contributed by atoms with van der Waals surface area (Å²) >= 11 is 13.4. The Kier molecular flexibility index (Phi) is 5.48. The largest absolute Gasteiger partial charge is 0.289 e. The van der Waals surface area contributed by atoms with Crippen LogP contribution in [0.15, 0.2) is 18.2 Å². The van der Waals surface area contributed by atoms with Crippen LogP contribution >= 0.6 is 34.5 Å². The summed E-state index contributed by atoms with van der Waals surface area (Å²) in [5.41, 5.74) is 4.77. The molecule has 2 aromatic rings. The van der Waals surface area contributed by atoms with Crippen LogP contribution in [0.2, 0.25) is 8.67 Å². The molecule has 1 heterocycles. The molecule has 1 aromatic heterocycles. The number of carbonyl (C=O) groups excluding carboxylic acids is 1. The molecule has 0 N–H and O–H groups in total. The zero-order chi connectivity index (χ0) is 15.6. The predicted octanol–water partition coefficient (Wildman–Crippen LogP) is 5.97. The van der Waals surface area contributed by atoms with Gasteiger partial charge in [-0.15, -0.1) is 11.3 Å². The number of hydrogen-bond acceptors (Lipinski definition) is 2. The van der Waals surface area contributed by atoms with Crippen molar-refractivity contribution in [2.45, 2.75) is 40.0 Å². The highest BCUT2D eigenvalue weighted by molar-refractivity contribution is 7.20. The molecule has 0 aliphatic heterocycles. The van der Waals surface area contributed by atoms with Gasteiger partial charge in [-0.2, -0.15) is 0 Å². The molecular weight excluding hydrogens is 323 g/mol. The number of aryl methyl sites for hydroxylation is 3. The van der Waals surface area contributed by atoms with Gasteiger partial charge in [0.25, 0.3) is 0 Å². The van der Waals surface area contributed by atoms with Gasteiger partial charge in [-0.3, -0.25) is 4.79 Å². The van der Waals surface area contributed by atoms with Gasteiger partial charge in [0.15, 0.2) is 5.78 Å². The highest BCUT2D eigenvalue weighted by atomic mass is 35.5. The molecule has 21 heavy (non-hydrogen) atoms. The topological polar surface area (TPSA) is 17.1 Å². The van der Waals surface area contributed by atoms with E-state index < -0.39 is 0 Å². The molecule has 0 bridgehead atoms. The monoisotopic (exact) mass is 340 g/mol. The number of thiophene rings is 1. The van der Waals surface area contributed by atoms with E-state index in [1.807, 2.05) is 0 Å². The molecular formula is C17H18Cl2OS. The Bertz CT molecular complexity index is 648. The van der Waals surface area contributed by atoms with Crippen LogP contribution in [0.1, 0.15) is 53.4 Å². The first kappa shape index (κ1) is 16.5. The molecule has 0 aliphatic carbocycles. The average molecular weight is 341 g/mol. The smallest absolute Gasteiger partial charge is 0.195 e. The molecule has 2 rings (SSSR count). The van der Waals surface area contributed by atoms with Crippen LogP contribution in [-0.4, -0.2) is 5.78 Å². The molecule has 1 nitrogen and oxygen atoms in total. The maximum atomic E-state index is 12.9. The zero-order valence-corrected chi connectivity index (χ0v) is 14.8. The average Bonchev–Trinajstić information content (AvgIpc) is 2.83. The summed E-state index contributed by atoms with van der Waals surface area (Å²) < 4.78 is 1.01. The quantitative estimate of drug-likeness (QED) is 0.612. The number of ketones is 1. The van der Waals surface area contributed by atoms with Gasteiger partial charge in [-0.1, -0.05) is 56.1 Å². The molecule has 0 saturated heterocycles. The van der Waals surface area contributed by atoms with Crippen LogP contribution in [0.25, 0.3) is 0 Å². The normalized spacial score (nSPS) is 10.9. The van der Waals surface area contributed by atoms with Crippen molar-refractivity contribution in [1.82, 2.24) is 0 Å². The molecule has 4 heteroatoms. The Morgan fingerprint density at radius 2 is 1.57 bits per heavy atom. The second-order valence-corrected chi connectivity index (χ2v) is 7.20. The Balaban J connectivity index is 2.61. The van der Waals surface area contributed by atoms with Gasteiger partial charge in [0.1, 0.15) is 4.34 Å². The molecule has 0 spiro atoms. The second kappa shape index (κ2) is 6.95. The lowest BCUT2D eigenvalue weighted by Crippen LogP contribution is -2.10. The Hall–Kier alpha value is -0.830. The van der Waals surface area contributed by atoms with Crippen LogP contribution in [0, 0.1) is 0 Å². The van der Waals surface area contributed by atoms with Gasteiger partial charge in [0.2, 0.25) is 0 Å². The van der Waals surface area contributed by atoms with Crippen molar-refractivity contribution < 1.29 is 4.79 Å². The van der Waals surface area contributed by atoms with Crippen LogP contribution < -0.4 is 0 Å². The van der Waals surface area contributed by atoms with E-state index in [-0.39, 0.29) is 5.78 Å². The van der Waals surface area contributed by atoms with E-state index in [1.165, 1.54) is 16.9 Å². The Labute approximate surface area is 139 Å². The number of rotatable bonds is 5. The van der Waals surface area contributed by atoms with Crippen molar-refractivity contribution in [1.29, 1.82) is 0 Å². The second-order valence-electron chi connectivity index (χ2n) is 4.92.